The van der Waals surface area contributed by atoms with Gasteiger partial charge in [0.2, 0.25) is 0 Å². The second-order valence-electron chi connectivity index (χ2n) is 4.26. The van der Waals surface area contributed by atoms with Crippen LogP contribution in [0.4, 0.5) is 13.2 Å². The number of rotatable bonds is 2. The van der Waals surface area contributed by atoms with Crippen molar-refractivity contribution in [2.45, 2.75) is 19.7 Å². The highest BCUT2D eigenvalue weighted by Gasteiger charge is 2.31. The first-order valence-electron chi connectivity index (χ1n) is 5.65. The second kappa shape index (κ2) is 5.01. The summed E-state index contributed by atoms with van der Waals surface area (Å²) in [6.07, 6.45) is -2.91. The molecule has 0 radical (unpaired) electrons. The van der Waals surface area contributed by atoms with Crippen LogP contribution in [0.15, 0.2) is 36.5 Å². The SMILES string of the molecule is Cc1ccc(-c2cc(CO)cc(C(F)(F)F)c2)cn1. The number of aromatic nitrogens is 1. The minimum absolute atomic E-state index is 0.227. The number of halogens is 3. The number of aliphatic hydroxyl groups excluding tert-OH is 1. The molecular weight excluding hydrogens is 255 g/mol. The number of hydrogen-bond donors (Lipinski definition) is 1. The van der Waals surface area contributed by atoms with Crippen molar-refractivity contribution in [2.75, 3.05) is 0 Å². The van der Waals surface area contributed by atoms with E-state index < -0.39 is 18.3 Å². The van der Waals surface area contributed by atoms with Gasteiger partial charge in [-0.2, -0.15) is 13.2 Å². The van der Waals surface area contributed by atoms with E-state index in [1.54, 1.807) is 19.1 Å². The minimum Gasteiger partial charge on any atom is -0.392 e. The van der Waals surface area contributed by atoms with Gasteiger partial charge in [-0.3, -0.25) is 4.98 Å². The van der Waals surface area contributed by atoms with E-state index in [0.29, 0.717) is 11.1 Å². The predicted molar refractivity (Wildman–Crippen MR) is 65.3 cm³/mol. The minimum atomic E-state index is -4.43. The van der Waals surface area contributed by atoms with E-state index >= 15 is 0 Å². The van der Waals surface area contributed by atoms with Crippen LogP contribution in [-0.2, 0) is 12.8 Å². The summed E-state index contributed by atoms with van der Waals surface area (Å²) in [5.74, 6) is 0. The van der Waals surface area contributed by atoms with E-state index in [2.05, 4.69) is 4.98 Å². The highest BCUT2D eigenvalue weighted by Crippen LogP contribution is 2.33. The molecule has 1 aromatic heterocycles. The molecule has 0 spiro atoms. The molecule has 0 amide bonds. The van der Waals surface area contributed by atoms with E-state index in [-0.39, 0.29) is 5.56 Å². The second-order valence-corrected chi connectivity index (χ2v) is 4.26. The van der Waals surface area contributed by atoms with Crippen LogP contribution in [0.1, 0.15) is 16.8 Å². The first-order chi connectivity index (χ1) is 8.90. The fraction of sp³-hybridized carbons (Fsp3) is 0.214. The maximum absolute atomic E-state index is 12.8. The summed E-state index contributed by atoms with van der Waals surface area (Å²) in [5, 5.41) is 9.06. The summed E-state index contributed by atoms with van der Waals surface area (Å²) in [6.45, 7) is 1.37. The first-order valence-corrected chi connectivity index (χ1v) is 5.65. The Morgan fingerprint density at radius 3 is 2.37 bits per heavy atom. The maximum Gasteiger partial charge on any atom is 0.416 e. The number of benzene rings is 1. The van der Waals surface area contributed by atoms with Crippen molar-refractivity contribution in [2.24, 2.45) is 0 Å². The lowest BCUT2D eigenvalue weighted by molar-refractivity contribution is -0.137. The van der Waals surface area contributed by atoms with Gasteiger partial charge in [-0.05, 0) is 42.3 Å². The molecule has 0 atom stereocenters. The van der Waals surface area contributed by atoms with Crippen molar-refractivity contribution in [3.8, 4) is 11.1 Å². The van der Waals surface area contributed by atoms with Gasteiger partial charge >= 0.3 is 6.18 Å². The molecule has 0 aliphatic heterocycles. The summed E-state index contributed by atoms with van der Waals surface area (Å²) in [7, 11) is 0. The third kappa shape index (κ3) is 3.12. The fourth-order valence-electron chi connectivity index (χ4n) is 1.75. The molecule has 100 valence electrons. The fourth-order valence-corrected chi connectivity index (χ4v) is 1.75. The van der Waals surface area contributed by atoms with Gasteiger partial charge in [-0.25, -0.2) is 0 Å². The Balaban J connectivity index is 2.54. The molecule has 0 aliphatic carbocycles. The van der Waals surface area contributed by atoms with Gasteiger partial charge in [0.05, 0.1) is 12.2 Å². The molecule has 1 heterocycles. The molecule has 2 nitrogen and oxygen atoms in total. The Hall–Kier alpha value is -1.88. The molecule has 5 heteroatoms. The van der Waals surface area contributed by atoms with Crippen molar-refractivity contribution in [1.82, 2.24) is 4.98 Å². The van der Waals surface area contributed by atoms with Crippen LogP contribution in [-0.4, -0.2) is 10.1 Å². The normalized spacial score (nSPS) is 11.6. The third-order valence-electron chi connectivity index (χ3n) is 2.75. The molecule has 0 fully saturated rings. The zero-order chi connectivity index (χ0) is 14.0. The Bertz CT molecular complexity index is 576. The lowest BCUT2D eigenvalue weighted by Crippen LogP contribution is -2.06. The van der Waals surface area contributed by atoms with Crippen LogP contribution < -0.4 is 0 Å². The Morgan fingerprint density at radius 2 is 1.84 bits per heavy atom. The van der Waals surface area contributed by atoms with Crippen molar-refractivity contribution >= 4 is 0 Å². The van der Waals surface area contributed by atoms with Gasteiger partial charge in [0, 0.05) is 17.5 Å². The molecule has 19 heavy (non-hydrogen) atoms. The number of hydrogen-bond acceptors (Lipinski definition) is 2. The average molecular weight is 267 g/mol. The summed E-state index contributed by atoms with van der Waals surface area (Å²) >= 11 is 0. The molecule has 0 saturated heterocycles. The standard InChI is InChI=1S/C14H12F3NO/c1-9-2-3-11(7-18-9)12-4-10(8-19)5-13(6-12)14(15,16)17/h2-7,19H,8H2,1H3. The number of nitrogens with zero attached hydrogens (tertiary/aromatic N) is 1. The highest BCUT2D eigenvalue weighted by molar-refractivity contribution is 5.64. The summed E-state index contributed by atoms with van der Waals surface area (Å²) in [4.78, 5) is 4.06. The molecule has 0 aliphatic rings. The van der Waals surface area contributed by atoms with Gasteiger partial charge in [-0.1, -0.05) is 6.07 Å². The summed E-state index contributed by atoms with van der Waals surface area (Å²) in [5.41, 5.74) is 1.23. The van der Waals surface area contributed by atoms with Crippen LogP contribution in [0.25, 0.3) is 11.1 Å². The van der Waals surface area contributed by atoms with Gasteiger partial charge in [0.15, 0.2) is 0 Å². The maximum atomic E-state index is 12.8. The van der Waals surface area contributed by atoms with Gasteiger partial charge in [0.1, 0.15) is 0 Å². The quantitative estimate of drug-likeness (QED) is 0.902. The lowest BCUT2D eigenvalue weighted by Gasteiger charge is -2.11. The Labute approximate surface area is 108 Å². The van der Waals surface area contributed by atoms with Crippen LogP contribution in [0.2, 0.25) is 0 Å². The number of aliphatic hydroxyl groups is 1. The Morgan fingerprint density at radius 1 is 1.11 bits per heavy atom. The van der Waals surface area contributed by atoms with Gasteiger partial charge in [0.25, 0.3) is 0 Å². The van der Waals surface area contributed by atoms with Crippen LogP contribution in [0, 0.1) is 6.92 Å². The van der Waals surface area contributed by atoms with Crippen LogP contribution in [0.3, 0.4) is 0 Å². The number of aryl methyl sites for hydroxylation is 1. The molecule has 0 saturated carbocycles. The number of alkyl halides is 3. The molecule has 0 bridgehead atoms. The van der Waals surface area contributed by atoms with Crippen LogP contribution >= 0.6 is 0 Å². The topological polar surface area (TPSA) is 33.1 Å². The van der Waals surface area contributed by atoms with Crippen molar-refractivity contribution in [1.29, 1.82) is 0 Å². The average Bonchev–Trinajstić information content (AvgIpc) is 2.38. The lowest BCUT2D eigenvalue weighted by atomic mass is 10.0. The molecule has 2 rings (SSSR count). The first kappa shape index (κ1) is 13.5. The zero-order valence-electron chi connectivity index (χ0n) is 10.2. The van der Waals surface area contributed by atoms with Crippen LogP contribution in [0.5, 0.6) is 0 Å². The van der Waals surface area contributed by atoms with Gasteiger partial charge < -0.3 is 5.11 Å². The number of pyridine rings is 1. The Kier molecular flexibility index (Phi) is 3.57. The van der Waals surface area contributed by atoms with E-state index in [0.717, 1.165) is 17.8 Å². The highest BCUT2D eigenvalue weighted by atomic mass is 19.4. The van der Waals surface area contributed by atoms with E-state index in [4.69, 9.17) is 5.11 Å². The van der Waals surface area contributed by atoms with Crippen molar-refractivity contribution in [3.63, 3.8) is 0 Å². The zero-order valence-corrected chi connectivity index (χ0v) is 10.2. The largest absolute Gasteiger partial charge is 0.416 e. The monoisotopic (exact) mass is 267 g/mol. The molecule has 2 aromatic rings. The predicted octanol–water partition coefficient (Wildman–Crippen LogP) is 3.57. The van der Waals surface area contributed by atoms with Gasteiger partial charge in [-0.15, -0.1) is 0 Å². The van der Waals surface area contributed by atoms with E-state index in [1.807, 2.05) is 0 Å². The summed E-state index contributed by atoms with van der Waals surface area (Å²) in [6, 6.07) is 6.98. The van der Waals surface area contributed by atoms with Crippen molar-refractivity contribution in [3.05, 3.63) is 53.3 Å². The smallest absolute Gasteiger partial charge is 0.392 e. The van der Waals surface area contributed by atoms with Crippen molar-refractivity contribution < 1.29 is 18.3 Å². The molecular formula is C14H12F3NO. The third-order valence-corrected chi connectivity index (χ3v) is 2.75. The summed E-state index contributed by atoms with van der Waals surface area (Å²) < 4.78 is 38.3. The van der Waals surface area contributed by atoms with E-state index in [1.165, 1.54) is 12.3 Å². The molecule has 1 aromatic carbocycles. The van der Waals surface area contributed by atoms with E-state index in [9.17, 15) is 13.2 Å². The molecule has 0 unspecified atom stereocenters. The molecule has 1 N–H and O–H groups in total.